The SMILES string of the molecule is Cc1nnc(OC2COC2)c(C(N)=NO)c1C. The largest absolute Gasteiger partial charge is 0.468 e. The first kappa shape index (κ1) is 11.6. The van der Waals surface area contributed by atoms with Crippen LogP contribution in [0.4, 0.5) is 0 Å². The third kappa shape index (κ3) is 2.14. The Kier molecular flexibility index (Phi) is 3.10. The van der Waals surface area contributed by atoms with Gasteiger partial charge in [-0.3, -0.25) is 0 Å². The lowest BCUT2D eigenvalue weighted by Gasteiger charge is -2.27. The molecule has 1 saturated heterocycles. The van der Waals surface area contributed by atoms with E-state index < -0.39 is 0 Å². The average molecular weight is 238 g/mol. The molecule has 1 aliphatic heterocycles. The maximum absolute atomic E-state index is 8.77. The van der Waals surface area contributed by atoms with Gasteiger partial charge in [-0.2, -0.15) is 5.10 Å². The molecule has 0 saturated carbocycles. The molecule has 2 heterocycles. The highest BCUT2D eigenvalue weighted by Gasteiger charge is 2.24. The molecule has 0 radical (unpaired) electrons. The van der Waals surface area contributed by atoms with Crippen LogP contribution >= 0.6 is 0 Å². The van der Waals surface area contributed by atoms with Crippen molar-refractivity contribution in [2.75, 3.05) is 13.2 Å². The fraction of sp³-hybridized carbons (Fsp3) is 0.500. The molecule has 0 spiro atoms. The van der Waals surface area contributed by atoms with Crippen molar-refractivity contribution in [3.05, 3.63) is 16.8 Å². The Morgan fingerprint density at radius 2 is 2.18 bits per heavy atom. The molecule has 1 fully saturated rings. The second-order valence-electron chi connectivity index (χ2n) is 3.85. The van der Waals surface area contributed by atoms with Crippen LogP contribution in [0.3, 0.4) is 0 Å². The molecule has 0 atom stereocenters. The summed E-state index contributed by atoms with van der Waals surface area (Å²) in [6, 6.07) is 0. The number of oxime groups is 1. The molecule has 2 rings (SSSR count). The van der Waals surface area contributed by atoms with E-state index in [1.54, 1.807) is 6.92 Å². The third-order valence-electron chi connectivity index (χ3n) is 2.67. The van der Waals surface area contributed by atoms with E-state index >= 15 is 0 Å². The van der Waals surface area contributed by atoms with E-state index in [1.807, 2.05) is 6.92 Å². The van der Waals surface area contributed by atoms with Crippen LogP contribution < -0.4 is 10.5 Å². The van der Waals surface area contributed by atoms with Crippen molar-refractivity contribution in [2.24, 2.45) is 10.9 Å². The molecule has 92 valence electrons. The molecule has 1 aromatic heterocycles. The fourth-order valence-electron chi connectivity index (χ4n) is 1.46. The van der Waals surface area contributed by atoms with Crippen LogP contribution in [0.1, 0.15) is 16.8 Å². The minimum absolute atomic E-state index is 0.0317. The first-order valence-electron chi connectivity index (χ1n) is 5.19. The summed E-state index contributed by atoms with van der Waals surface area (Å²) in [5.41, 5.74) is 7.59. The number of hydrogen-bond acceptors (Lipinski definition) is 6. The molecule has 1 aliphatic rings. The molecule has 1 aromatic rings. The van der Waals surface area contributed by atoms with Gasteiger partial charge in [0.25, 0.3) is 0 Å². The van der Waals surface area contributed by atoms with E-state index in [1.165, 1.54) is 0 Å². The summed E-state index contributed by atoms with van der Waals surface area (Å²) in [6.45, 7) is 4.66. The van der Waals surface area contributed by atoms with Gasteiger partial charge >= 0.3 is 0 Å². The van der Waals surface area contributed by atoms with Crippen LogP contribution in [0.2, 0.25) is 0 Å². The van der Waals surface area contributed by atoms with Gasteiger partial charge < -0.3 is 20.4 Å². The van der Waals surface area contributed by atoms with Crippen LogP contribution in [-0.4, -0.2) is 40.6 Å². The minimum atomic E-state index is -0.0448. The molecule has 0 unspecified atom stereocenters. The summed E-state index contributed by atoms with van der Waals surface area (Å²) in [5.74, 6) is 0.243. The zero-order valence-electron chi connectivity index (χ0n) is 9.67. The van der Waals surface area contributed by atoms with Crippen LogP contribution in [0.5, 0.6) is 5.88 Å². The summed E-state index contributed by atoms with van der Waals surface area (Å²) in [4.78, 5) is 0. The Balaban J connectivity index is 2.39. The Hall–Kier alpha value is -1.89. The van der Waals surface area contributed by atoms with Crippen LogP contribution in [0.25, 0.3) is 0 Å². The summed E-state index contributed by atoms with van der Waals surface area (Å²) < 4.78 is 10.6. The molecule has 3 N–H and O–H groups in total. The molecule has 17 heavy (non-hydrogen) atoms. The number of hydrogen-bond donors (Lipinski definition) is 2. The summed E-state index contributed by atoms with van der Waals surface area (Å²) >= 11 is 0. The number of nitrogens with two attached hydrogens (primary N) is 1. The van der Waals surface area contributed by atoms with Gasteiger partial charge in [0.15, 0.2) is 5.84 Å². The highest BCUT2D eigenvalue weighted by Crippen LogP contribution is 2.22. The number of rotatable bonds is 3. The zero-order valence-corrected chi connectivity index (χ0v) is 9.67. The van der Waals surface area contributed by atoms with Crippen molar-refractivity contribution in [1.29, 1.82) is 0 Å². The first-order chi connectivity index (χ1) is 8.13. The van der Waals surface area contributed by atoms with E-state index in [0.29, 0.717) is 24.5 Å². The van der Waals surface area contributed by atoms with Crippen LogP contribution in [0.15, 0.2) is 5.16 Å². The summed E-state index contributed by atoms with van der Waals surface area (Å²) in [7, 11) is 0. The highest BCUT2D eigenvalue weighted by molar-refractivity contribution is 6.00. The van der Waals surface area contributed by atoms with Crippen molar-refractivity contribution in [2.45, 2.75) is 20.0 Å². The van der Waals surface area contributed by atoms with Gasteiger partial charge in [0.1, 0.15) is 6.10 Å². The van der Waals surface area contributed by atoms with Gasteiger partial charge in [0.2, 0.25) is 5.88 Å². The van der Waals surface area contributed by atoms with Crippen molar-refractivity contribution in [3.8, 4) is 5.88 Å². The fourth-order valence-corrected chi connectivity index (χ4v) is 1.46. The summed E-state index contributed by atoms with van der Waals surface area (Å²) in [5, 5.41) is 19.6. The van der Waals surface area contributed by atoms with Gasteiger partial charge in [-0.25, -0.2) is 0 Å². The number of nitrogens with zero attached hydrogens (tertiary/aromatic N) is 3. The third-order valence-corrected chi connectivity index (χ3v) is 2.67. The molecule has 7 nitrogen and oxygen atoms in total. The number of amidine groups is 1. The Morgan fingerprint density at radius 3 is 2.71 bits per heavy atom. The number of aryl methyl sites for hydroxylation is 1. The zero-order chi connectivity index (χ0) is 12.4. The number of aromatic nitrogens is 2. The lowest BCUT2D eigenvalue weighted by Crippen LogP contribution is -2.39. The minimum Gasteiger partial charge on any atom is -0.468 e. The Morgan fingerprint density at radius 1 is 1.47 bits per heavy atom. The lowest BCUT2D eigenvalue weighted by molar-refractivity contribution is -0.0817. The first-order valence-corrected chi connectivity index (χ1v) is 5.19. The molecular formula is C10H14N4O3. The topological polar surface area (TPSA) is 103 Å². The van der Waals surface area contributed by atoms with Gasteiger partial charge in [-0.15, -0.1) is 5.10 Å². The van der Waals surface area contributed by atoms with E-state index in [2.05, 4.69) is 15.4 Å². The Labute approximate surface area is 98.2 Å². The molecular weight excluding hydrogens is 224 g/mol. The van der Waals surface area contributed by atoms with E-state index in [0.717, 1.165) is 5.56 Å². The van der Waals surface area contributed by atoms with Crippen LogP contribution in [-0.2, 0) is 4.74 Å². The predicted molar refractivity (Wildman–Crippen MR) is 59.3 cm³/mol. The second kappa shape index (κ2) is 4.54. The van der Waals surface area contributed by atoms with E-state index in [4.69, 9.17) is 20.4 Å². The summed E-state index contributed by atoms with van der Waals surface area (Å²) in [6.07, 6.45) is -0.0448. The van der Waals surface area contributed by atoms with Crippen molar-refractivity contribution < 1.29 is 14.7 Å². The van der Waals surface area contributed by atoms with E-state index in [-0.39, 0.29) is 17.8 Å². The number of ether oxygens (including phenoxy) is 2. The van der Waals surface area contributed by atoms with Crippen LogP contribution in [0, 0.1) is 13.8 Å². The van der Waals surface area contributed by atoms with Crippen molar-refractivity contribution in [3.63, 3.8) is 0 Å². The average Bonchev–Trinajstić information content (AvgIpc) is 2.27. The molecule has 0 aromatic carbocycles. The van der Waals surface area contributed by atoms with Crippen molar-refractivity contribution >= 4 is 5.84 Å². The second-order valence-corrected chi connectivity index (χ2v) is 3.85. The molecule has 0 amide bonds. The highest BCUT2D eigenvalue weighted by atomic mass is 16.6. The van der Waals surface area contributed by atoms with Crippen molar-refractivity contribution in [1.82, 2.24) is 10.2 Å². The monoisotopic (exact) mass is 238 g/mol. The molecule has 0 bridgehead atoms. The molecule has 0 aliphatic carbocycles. The normalized spacial score (nSPS) is 16.7. The quantitative estimate of drug-likeness (QED) is 0.331. The standard InChI is InChI=1S/C10H14N4O3/c1-5-6(2)12-13-10(8(5)9(11)14-15)17-7-3-16-4-7/h7,15H,3-4H2,1-2H3,(H2,11,14). The maximum atomic E-state index is 8.77. The smallest absolute Gasteiger partial charge is 0.245 e. The van der Waals surface area contributed by atoms with Gasteiger partial charge in [-0.05, 0) is 19.4 Å². The van der Waals surface area contributed by atoms with Gasteiger partial charge in [0, 0.05) is 0 Å². The predicted octanol–water partition coefficient (Wildman–Crippen LogP) is -0.0345. The van der Waals surface area contributed by atoms with E-state index in [9.17, 15) is 0 Å². The molecule has 7 heteroatoms. The Bertz CT molecular complexity index is 457. The van der Waals surface area contributed by atoms with Gasteiger partial charge in [-0.1, -0.05) is 5.16 Å². The lowest BCUT2D eigenvalue weighted by atomic mass is 10.1. The van der Waals surface area contributed by atoms with Gasteiger partial charge in [0.05, 0.1) is 24.5 Å². The maximum Gasteiger partial charge on any atom is 0.245 e.